The first kappa shape index (κ1) is 14.3. The number of hydrogen-bond donors (Lipinski definition) is 3. The second kappa shape index (κ2) is 5.48. The topological polar surface area (TPSA) is 98.2 Å². The molecular weight excluding hydrogens is 281 g/mol. The van der Waals surface area contributed by atoms with Crippen LogP contribution in [-0.4, -0.2) is 8.42 Å². The maximum atomic E-state index is 13.7. The molecule has 0 bridgehead atoms. The van der Waals surface area contributed by atoms with Gasteiger partial charge >= 0.3 is 0 Å². The molecule has 0 saturated carbocycles. The molecular formula is C13H14FN3O2S. The molecule has 0 radical (unpaired) electrons. The zero-order valence-electron chi connectivity index (χ0n) is 10.5. The molecule has 2 rings (SSSR count). The van der Waals surface area contributed by atoms with Gasteiger partial charge in [-0.2, -0.15) is 0 Å². The van der Waals surface area contributed by atoms with E-state index in [2.05, 4.69) is 5.32 Å². The van der Waals surface area contributed by atoms with Gasteiger partial charge in [-0.25, -0.2) is 17.9 Å². The minimum absolute atomic E-state index is 0.203. The quantitative estimate of drug-likeness (QED) is 0.747. The standard InChI is InChI=1S/C13H14FN3O2S/c14-12-7-11(20(16,18)19)5-6-13(12)17-8-9-1-3-10(15)4-2-9/h1-7,17H,8,15H2,(H2,16,18,19). The molecule has 7 heteroatoms. The fraction of sp³-hybridized carbons (Fsp3) is 0.0769. The SMILES string of the molecule is Nc1ccc(CNc2ccc(S(N)(=O)=O)cc2F)cc1. The van der Waals surface area contributed by atoms with Crippen LogP contribution in [0, 0.1) is 5.82 Å². The fourth-order valence-corrected chi connectivity index (χ4v) is 2.17. The minimum Gasteiger partial charge on any atom is -0.399 e. The van der Waals surface area contributed by atoms with E-state index < -0.39 is 15.8 Å². The molecule has 0 aliphatic heterocycles. The summed E-state index contributed by atoms with van der Waals surface area (Å²) in [5.41, 5.74) is 7.34. The largest absolute Gasteiger partial charge is 0.399 e. The third-order valence-electron chi connectivity index (χ3n) is 2.73. The second-order valence-electron chi connectivity index (χ2n) is 4.28. The molecule has 0 heterocycles. The Morgan fingerprint density at radius 1 is 1.10 bits per heavy atom. The Bertz CT molecular complexity index is 715. The highest BCUT2D eigenvalue weighted by Crippen LogP contribution is 2.19. The summed E-state index contributed by atoms with van der Waals surface area (Å²) in [5.74, 6) is -0.674. The number of anilines is 2. The van der Waals surface area contributed by atoms with Crippen LogP contribution in [0.2, 0.25) is 0 Å². The lowest BCUT2D eigenvalue weighted by atomic mass is 10.2. The Hall–Kier alpha value is -2.12. The zero-order chi connectivity index (χ0) is 14.8. The van der Waals surface area contributed by atoms with Crippen molar-refractivity contribution in [3.63, 3.8) is 0 Å². The first-order valence-electron chi connectivity index (χ1n) is 5.77. The van der Waals surface area contributed by atoms with Gasteiger partial charge in [-0.3, -0.25) is 0 Å². The van der Waals surface area contributed by atoms with Crippen LogP contribution in [-0.2, 0) is 16.6 Å². The number of benzene rings is 2. The van der Waals surface area contributed by atoms with Gasteiger partial charge in [0.05, 0.1) is 10.6 Å². The van der Waals surface area contributed by atoms with Crippen LogP contribution >= 0.6 is 0 Å². The summed E-state index contributed by atoms with van der Waals surface area (Å²) in [6.45, 7) is 0.395. The summed E-state index contributed by atoms with van der Waals surface area (Å²) < 4.78 is 35.9. The number of nitrogens with two attached hydrogens (primary N) is 2. The lowest BCUT2D eigenvalue weighted by molar-refractivity contribution is 0.593. The van der Waals surface area contributed by atoms with Gasteiger partial charge in [0.25, 0.3) is 0 Å². The summed E-state index contributed by atoms with van der Waals surface area (Å²) >= 11 is 0. The van der Waals surface area contributed by atoms with Crippen LogP contribution in [0.1, 0.15) is 5.56 Å². The molecule has 0 aliphatic carbocycles. The van der Waals surface area contributed by atoms with Crippen LogP contribution in [0.3, 0.4) is 0 Å². The van der Waals surface area contributed by atoms with Crippen LogP contribution in [0.5, 0.6) is 0 Å². The van der Waals surface area contributed by atoms with Gasteiger partial charge in [0, 0.05) is 12.2 Å². The number of hydrogen-bond acceptors (Lipinski definition) is 4. The summed E-state index contributed by atoms with van der Waals surface area (Å²) in [6, 6.07) is 10.6. The van der Waals surface area contributed by atoms with E-state index in [1.165, 1.54) is 12.1 Å². The molecule has 0 amide bonds. The molecule has 5 nitrogen and oxygen atoms in total. The molecule has 0 spiro atoms. The molecule has 2 aromatic carbocycles. The maximum Gasteiger partial charge on any atom is 0.238 e. The number of primary sulfonamides is 1. The van der Waals surface area contributed by atoms with Crippen LogP contribution in [0.25, 0.3) is 0 Å². The van der Waals surface area contributed by atoms with E-state index in [1.807, 2.05) is 12.1 Å². The third kappa shape index (κ3) is 3.46. The Morgan fingerprint density at radius 2 is 1.75 bits per heavy atom. The van der Waals surface area contributed by atoms with E-state index in [1.54, 1.807) is 12.1 Å². The molecule has 0 fully saturated rings. The van der Waals surface area contributed by atoms with Crippen molar-refractivity contribution in [2.75, 3.05) is 11.1 Å². The van der Waals surface area contributed by atoms with Gasteiger partial charge in [-0.15, -0.1) is 0 Å². The smallest absolute Gasteiger partial charge is 0.238 e. The van der Waals surface area contributed by atoms with E-state index in [-0.39, 0.29) is 10.6 Å². The van der Waals surface area contributed by atoms with Crippen LogP contribution in [0.4, 0.5) is 15.8 Å². The highest BCUT2D eigenvalue weighted by Gasteiger charge is 2.11. The Balaban J connectivity index is 2.12. The highest BCUT2D eigenvalue weighted by molar-refractivity contribution is 7.89. The van der Waals surface area contributed by atoms with E-state index in [0.717, 1.165) is 11.6 Å². The van der Waals surface area contributed by atoms with Crippen molar-refractivity contribution < 1.29 is 12.8 Å². The number of sulfonamides is 1. The monoisotopic (exact) mass is 295 g/mol. The molecule has 20 heavy (non-hydrogen) atoms. The Morgan fingerprint density at radius 3 is 2.30 bits per heavy atom. The normalized spacial score (nSPS) is 11.3. The van der Waals surface area contributed by atoms with Crippen molar-refractivity contribution in [1.82, 2.24) is 0 Å². The van der Waals surface area contributed by atoms with E-state index in [4.69, 9.17) is 10.9 Å². The average Bonchev–Trinajstić information content (AvgIpc) is 2.38. The van der Waals surface area contributed by atoms with Gasteiger partial charge in [0.2, 0.25) is 10.0 Å². The van der Waals surface area contributed by atoms with Gasteiger partial charge in [-0.1, -0.05) is 12.1 Å². The van der Waals surface area contributed by atoms with Crippen LogP contribution < -0.4 is 16.2 Å². The van der Waals surface area contributed by atoms with Crippen molar-refractivity contribution in [3.8, 4) is 0 Å². The van der Waals surface area contributed by atoms with Crippen molar-refractivity contribution in [1.29, 1.82) is 0 Å². The van der Waals surface area contributed by atoms with Crippen molar-refractivity contribution >= 4 is 21.4 Å². The average molecular weight is 295 g/mol. The number of halogens is 1. The summed E-state index contributed by atoms with van der Waals surface area (Å²) in [7, 11) is -3.90. The summed E-state index contributed by atoms with van der Waals surface area (Å²) in [5, 5.41) is 7.80. The maximum absolute atomic E-state index is 13.7. The Kier molecular flexibility index (Phi) is 3.91. The van der Waals surface area contributed by atoms with Gasteiger partial charge in [0.15, 0.2) is 0 Å². The van der Waals surface area contributed by atoms with Crippen molar-refractivity contribution in [2.24, 2.45) is 5.14 Å². The van der Waals surface area contributed by atoms with Crippen molar-refractivity contribution in [2.45, 2.75) is 11.4 Å². The van der Waals surface area contributed by atoms with E-state index in [9.17, 15) is 12.8 Å². The second-order valence-corrected chi connectivity index (χ2v) is 5.84. The molecule has 5 N–H and O–H groups in total. The number of rotatable bonds is 4. The molecule has 0 aliphatic rings. The lowest BCUT2D eigenvalue weighted by Gasteiger charge is -2.09. The lowest BCUT2D eigenvalue weighted by Crippen LogP contribution is -2.12. The van der Waals surface area contributed by atoms with E-state index in [0.29, 0.717) is 12.2 Å². The minimum atomic E-state index is -3.90. The number of nitrogens with one attached hydrogen (secondary N) is 1. The first-order chi connectivity index (χ1) is 9.36. The molecule has 0 atom stereocenters. The highest BCUT2D eigenvalue weighted by atomic mass is 32.2. The number of nitrogen functional groups attached to an aromatic ring is 1. The first-order valence-corrected chi connectivity index (χ1v) is 7.31. The van der Waals surface area contributed by atoms with Gasteiger partial charge < -0.3 is 11.1 Å². The van der Waals surface area contributed by atoms with Gasteiger partial charge in [0.1, 0.15) is 5.82 Å². The zero-order valence-corrected chi connectivity index (χ0v) is 11.3. The predicted octanol–water partition coefficient (Wildman–Crippen LogP) is 1.67. The molecule has 0 unspecified atom stereocenters. The van der Waals surface area contributed by atoms with Crippen LogP contribution in [0.15, 0.2) is 47.4 Å². The summed E-state index contributed by atoms with van der Waals surface area (Å²) in [6.07, 6.45) is 0. The predicted molar refractivity (Wildman–Crippen MR) is 76.0 cm³/mol. The molecule has 0 saturated heterocycles. The van der Waals surface area contributed by atoms with Crippen molar-refractivity contribution in [3.05, 3.63) is 53.8 Å². The molecule has 2 aromatic rings. The van der Waals surface area contributed by atoms with Gasteiger partial charge in [-0.05, 0) is 35.9 Å². The fourth-order valence-electron chi connectivity index (χ4n) is 1.65. The Labute approximate surface area is 116 Å². The molecule has 106 valence electrons. The molecule has 0 aromatic heterocycles. The summed E-state index contributed by atoms with van der Waals surface area (Å²) in [4.78, 5) is -0.256. The van der Waals surface area contributed by atoms with E-state index >= 15 is 0 Å². The third-order valence-corrected chi connectivity index (χ3v) is 3.64.